The molecular formula is C27H30ClN3O3S. The molecule has 0 aliphatic carbocycles. The molecule has 2 aliphatic heterocycles. The Labute approximate surface area is 215 Å². The van der Waals surface area contributed by atoms with E-state index in [4.69, 9.17) is 11.6 Å². The highest BCUT2D eigenvalue weighted by Crippen LogP contribution is 2.45. The summed E-state index contributed by atoms with van der Waals surface area (Å²) >= 11 is 6.73. The molecule has 0 aromatic heterocycles. The van der Waals surface area contributed by atoms with Gasteiger partial charge in [0.2, 0.25) is 5.91 Å². The Balaban J connectivity index is 1.52. The number of hydrogen-bond acceptors (Lipinski definition) is 5. The lowest BCUT2D eigenvalue weighted by atomic mass is 9.79. The largest absolute Gasteiger partial charge is 0.364 e. The first kappa shape index (κ1) is 25.3. The minimum Gasteiger partial charge on any atom is -0.364 e. The molecule has 6 nitrogen and oxygen atoms in total. The topological polar surface area (TPSA) is 69.7 Å². The summed E-state index contributed by atoms with van der Waals surface area (Å²) in [6.07, 6.45) is 2.77. The highest BCUT2D eigenvalue weighted by atomic mass is 35.5. The second kappa shape index (κ2) is 9.70. The van der Waals surface area contributed by atoms with Crippen molar-refractivity contribution in [2.24, 2.45) is 0 Å². The number of amides is 3. The minimum atomic E-state index is -0.457. The number of nitrogens with one attached hydrogen (secondary N) is 1. The quantitative estimate of drug-likeness (QED) is 0.463. The number of thioether (sulfide) groups is 1. The molecule has 184 valence electrons. The van der Waals surface area contributed by atoms with Crippen LogP contribution in [-0.2, 0) is 9.59 Å². The Morgan fingerprint density at radius 2 is 1.89 bits per heavy atom. The van der Waals surface area contributed by atoms with Crippen LogP contribution in [0, 0.1) is 0 Å². The van der Waals surface area contributed by atoms with Crippen molar-refractivity contribution < 1.29 is 14.4 Å². The number of benzene rings is 2. The maximum Gasteiger partial charge on any atom is 0.294 e. The fraction of sp³-hybridized carbons (Fsp3) is 0.370. The molecule has 1 N–H and O–H groups in total. The van der Waals surface area contributed by atoms with E-state index in [0.29, 0.717) is 27.6 Å². The van der Waals surface area contributed by atoms with Crippen molar-refractivity contribution in [1.29, 1.82) is 0 Å². The molecule has 0 spiro atoms. The van der Waals surface area contributed by atoms with Crippen LogP contribution in [0.25, 0.3) is 6.08 Å². The van der Waals surface area contributed by atoms with E-state index in [0.717, 1.165) is 28.6 Å². The molecule has 1 atom stereocenters. The van der Waals surface area contributed by atoms with Gasteiger partial charge in [0, 0.05) is 28.0 Å². The summed E-state index contributed by atoms with van der Waals surface area (Å²) < 4.78 is 0. The first-order valence-electron chi connectivity index (χ1n) is 11.7. The van der Waals surface area contributed by atoms with Crippen molar-refractivity contribution in [3.8, 4) is 0 Å². The Morgan fingerprint density at radius 1 is 1.20 bits per heavy atom. The normalized spacial score (nSPS) is 20.5. The minimum absolute atomic E-state index is 0.0529. The molecule has 2 heterocycles. The molecular weight excluding hydrogens is 482 g/mol. The number of rotatable bonds is 5. The van der Waals surface area contributed by atoms with Gasteiger partial charge in [0.15, 0.2) is 0 Å². The van der Waals surface area contributed by atoms with Crippen molar-refractivity contribution in [3.05, 3.63) is 63.5 Å². The lowest BCUT2D eigenvalue weighted by molar-refractivity contribution is -0.127. The van der Waals surface area contributed by atoms with Gasteiger partial charge in [-0.3, -0.25) is 19.3 Å². The lowest BCUT2D eigenvalue weighted by Gasteiger charge is -2.50. The maximum atomic E-state index is 12.9. The molecule has 2 aromatic carbocycles. The number of nitrogens with zero attached hydrogens (tertiary/aromatic N) is 2. The van der Waals surface area contributed by atoms with Crippen LogP contribution in [0.3, 0.4) is 0 Å². The van der Waals surface area contributed by atoms with E-state index < -0.39 is 17.1 Å². The molecule has 0 saturated carbocycles. The van der Waals surface area contributed by atoms with E-state index in [1.807, 2.05) is 6.07 Å². The van der Waals surface area contributed by atoms with Crippen LogP contribution < -0.4 is 10.2 Å². The highest BCUT2D eigenvalue weighted by molar-refractivity contribution is 8.18. The predicted octanol–water partition coefficient (Wildman–Crippen LogP) is 6.52. The summed E-state index contributed by atoms with van der Waals surface area (Å²) in [7, 11) is 0. The Kier molecular flexibility index (Phi) is 7.02. The molecule has 0 unspecified atom stereocenters. The van der Waals surface area contributed by atoms with Gasteiger partial charge in [-0.15, -0.1) is 0 Å². The summed E-state index contributed by atoms with van der Waals surface area (Å²) in [5, 5.41) is 2.78. The second-order valence-electron chi connectivity index (χ2n) is 10.0. The number of carbonyl (C=O) groups excluding carboxylic acids is 3. The van der Waals surface area contributed by atoms with Crippen LogP contribution in [0.4, 0.5) is 16.2 Å². The van der Waals surface area contributed by atoms with Crippen LogP contribution in [0.15, 0.2) is 47.4 Å². The molecule has 35 heavy (non-hydrogen) atoms. The van der Waals surface area contributed by atoms with Crippen LogP contribution in [-0.4, -0.2) is 40.1 Å². The maximum absolute atomic E-state index is 12.9. The third-order valence-corrected chi connectivity index (χ3v) is 7.58. The second-order valence-corrected chi connectivity index (χ2v) is 11.5. The zero-order valence-corrected chi connectivity index (χ0v) is 22.2. The van der Waals surface area contributed by atoms with Crippen molar-refractivity contribution in [3.63, 3.8) is 0 Å². The Morgan fingerprint density at radius 3 is 2.54 bits per heavy atom. The molecule has 4 rings (SSSR count). The molecule has 0 radical (unpaired) electrons. The van der Waals surface area contributed by atoms with E-state index in [1.54, 1.807) is 30.3 Å². The van der Waals surface area contributed by atoms with Gasteiger partial charge < -0.3 is 10.2 Å². The molecule has 1 fully saturated rings. The van der Waals surface area contributed by atoms with Crippen LogP contribution in [0.2, 0.25) is 5.02 Å². The predicted molar refractivity (Wildman–Crippen MR) is 144 cm³/mol. The van der Waals surface area contributed by atoms with E-state index >= 15 is 0 Å². The first-order chi connectivity index (χ1) is 16.5. The summed E-state index contributed by atoms with van der Waals surface area (Å²) in [5.41, 5.74) is 3.93. The average molecular weight is 512 g/mol. The van der Waals surface area contributed by atoms with E-state index in [1.165, 1.54) is 11.3 Å². The van der Waals surface area contributed by atoms with Gasteiger partial charge in [0.1, 0.15) is 6.54 Å². The van der Waals surface area contributed by atoms with E-state index in [2.05, 4.69) is 57.0 Å². The lowest BCUT2D eigenvalue weighted by Crippen LogP contribution is -2.51. The third-order valence-electron chi connectivity index (χ3n) is 6.42. The van der Waals surface area contributed by atoms with Crippen molar-refractivity contribution in [1.82, 2.24) is 4.90 Å². The number of imide groups is 1. The first-order valence-corrected chi connectivity index (χ1v) is 12.9. The standard InChI is InChI=1S/C27H30ClN3O3S/c1-16(2)31-22-11-6-18(12-21(22)17(3)14-27(31,4)5)13-23-25(33)30(26(34)35-23)15-24(32)29-20-9-7-19(28)8-10-20/h6-13,16-17H,14-15H2,1-5H3,(H,29,32)/b23-13-/t17-/m1/s1. The Hall–Kier alpha value is -2.77. The SMILES string of the molecule is CC(C)N1c2ccc(/C=C3\SC(=O)N(CC(=O)Nc4ccc(Cl)cc4)C3=O)cc2[C@H](C)CC1(C)C. The van der Waals surface area contributed by atoms with Gasteiger partial charge in [-0.2, -0.15) is 0 Å². The number of carbonyl (C=O) groups is 3. The van der Waals surface area contributed by atoms with Gasteiger partial charge in [-0.25, -0.2) is 0 Å². The number of fused-ring (bicyclic) bond motifs is 1. The molecule has 3 amide bonds. The van der Waals surface area contributed by atoms with Crippen LogP contribution in [0.1, 0.15) is 58.1 Å². The van der Waals surface area contributed by atoms with Gasteiger partial charge in [0.05, 0.1) is 4.91 Å². The van der Waals surface area contributed by atoms with Crippen molar-refractivity contribution in [2.75, 3.05) is 16.8 Å². The van der Waals surface area contributed by atoms with Gasteiger partial charge >= 0.3 is 0 Å². The molecule has 2 aliphatic rings. The fourth-order valence-electron chi connectivity index (χ4n) is 5.20. The fourth-order valence-corrected chi connectivity index (χ4v) is 6.17. The van der Waals surface area contributed by atoms with E-state index in [-0.39, 0.29) is 12.1 Å². The molecule has 0 bridgehead atoms. The zero-order chi connectivity index (χ0) is 25.5. The summed E-state index contributed by atoms with van der Waals surface area (Å²) in [6.45, 7) is 10.8. The molecule has 8 heteroatoms. The average Bonchev–Trinajstić information content (AvgIpc) is 3.02. The summed E-state index contributed by atoms with van der Waals surface area (Å²) in [6, 6.07) is 13.2. The van der Waals surface area contributed by atoms with Crippen molar-refractivity contribution in [2.45, 2.75) is 58.5 Å². The Bertz CT molecular complexity index is 1210. The number of halogens is 1. The van der Waals surface area contributed by atoms with Gasteiger partial charge in [-0.1, -0.05) is 24.6 Å². The van der Waals surface area contributed by atoms with Gasteiger partial charge in [-0.05, 0) is 105 Å². The van der Waals surface area contributed by atoms with Crippen molar-refractivity contribution >= 4 is 57.9 Å². The molecule has 1 saturated heterocycles. The smallest absolute Gasteiger partial charge is 0.294 e. The van der Waals surface area contributed by atoms with Crippen LogP contribution in [0.5, 0.6) is 0 Å². The van der Waals surface area contributed by atoms with Crippen LogP contribution >= 0.6 is 23.4 Å². The monoisotopic (exact) mass is 511 g/mol. The van der Waals surface area contributed by atoms with Gasteiger partial charge in [0.25, 0.3) is 11.1 Å². The molecule has 2 aromatic rings. The third kappa shape index (κ3) is 5.26. The summed E-state index contributed by atoms with van der Waals surface area (Å²) in [4.78, 5) is 41.6. The number of hydrogen-bond donors (Lipinski definition) is 1. The summed E-state index contributed by atoms with van der Waals surface area (Å²) in [5.74, 6) is -0.535. The highest BCUT2D eigenvalue weighted by Gasteiger charge is 2.38. The number of anilines is 2. The van der Waals surface area contributed by atoms with E-state index in [9.17, 15) is 14.4 Å². The zero-order valence-electron chi connectivity index (χ0n) is 20.6.